The molecular weight excluding hydrogens is 477 g/mol. The minimum absolute atomic E-state index is 0.0355. The predicted molar refractivity (Wildman–Crippen MR) is 123 cm³/mol. The van der Waals surface area contributed by atoms with Gasteiger partial charge in [0.05, 0.1) is 18.4 Å². The van der Waals surface area contributed by atoms with E-state index in [1.165, 1.54) is 6.07 Å². The quantitative estimate of drug-likeness (QED) is 0.526. The van der Waals surface area contributed by atoms with Gasteiger partial charge in [0.25, 0.3) is 10.0 Å². The summed E-state index contributed by atoms with van der Waals surface area (Å²) in [4.78, 5) is 12.3. The van der Waals surface area contributed by atoms with Crippen LogP contribution in [0.1, 0.15) is 36.1 Å². The number of aryl methyl sites for hydroxylation is 1. The van der Waals surface area contributed by atoms with E-state index in [-0.39, 0.29) is 10.6 Å². The largest absolute Gasteiger partial charge is 0.274 e. The summed E-state index contributed by atoms with van der Waals surface area (Å²) < 4.78 is 28.6. The van der Waals surface area contributed by atoms with Crippen molar-refractivity contribution in [2.24, 2.45) is 0 Å². The van der Waals surface area contributed by atoms with Crippen molar-refractivity contribution in [2.45, 2.75) is 36.4 Å². The number of amides is 1. The number of hydrogen-bond donors (Lipinski definition) is 1. The topological polar surface area (TPSA) is 81.1 Å². The Labute approximate surface area is 194 Å². The van der Waals surface area contributed by atoms with Gasteiger partial charge in [0.15, 0.2) is 0 Å². The van der Waals surface area contributed by atoms with Crippen LogP contribution in [0, 0.1) is 0 Å². The van der Waals surface area contributed by atoms with Gasteiger partial charge < -0.3 is 0 Å². The van der Waals surface area contributed by atoms with Gasteiger partial charge in [-0.1, -0.05) is 41.4 Å². The van der Waals surface area contributed by atoms with E-state index in [1.54, 1.807) is 29.7 Å². The van der Waals surface area contributed by atoms with Crippen molar-refractivity contribution < 1.29 is 13.2 Å². The van der Waals surface area contributed by atoms with E-state index < -0.39 is 15.9 Å². The number of rotatable bonds is 6. The Bertz CT molecular complexity index is 1250. The molecule has 0 aliphatic heterocycles. The zero-order valence-electron chi connectivity index (χ0n) is 16.3. The van der Waals surface area contributed by atoms with E-state index >= 15 is 0 Å². The molecule has 0 saturated heterocycles. The maximum atomic E-state index is 12.3. The molecule has 1 N–H and O–H groups in total. The second kappa shape index (κ2) is 9.16. The Kier molecular flexibility index (Phi) is 6.52. The molecule has 1 aromatic carbocycles. The minimum Gasteiger partial charge on any atom is -0.274 e. The standard InChI is InChI=1S/C21H19Cl2N3O3S2/c22-17-8-6-16(18(23)11-17)13-26-21-14(3-1-4-15(21)12-24-26)7-9-19(27)25-31(28,29)20-5-2-10-30-20/h2,5-8,10-12H,1,3-4,9,13H2,(H,25,27)/b14-7+. The van der Waals surface area contributed by atoms with Gasteiger partial charge >= 0.3 is 0 Å². The molecule has 2 aromatic heterocycles. The molecule has 4 rings (SSSR count). The van der Waals surface area contributed by atoms with Crippen molar-refractivity contribution in [2.75, 3.05) is 0 Å². The first-order chi connectivity index (χ1) is 14.8. The van der Waals surface area contributed by atoms with Gasteiger partial charge in [0, 0.05) is 16.5 Å². The molecule has 6 nitrogen and oxygen atoms in total. The van der Waals surface area contributed by atoms with Gasteiger partial charge in [-0.3, -0.25) is 9.48 Å². The molecule has 0 unspecified atom stereocenters. The third kappa shape index (κ3) is 5.03. The number of benzene rings is 1. The highest BCUT2D eigenvalue weighted by molar-refractivity contribution is 7.92. The van der Waals surface area contributed by atoms with Gasteiger partial charge in [-0.05, 0) is 59.5 Å². The maximum absolute atomic E-state index is 12.3. The normalized spacial score (nSPS) is 15.1. The number of carbonyl (C=O) groups is 1. The summed E-state index contributed by atoms with van der Waals surface area (Å²) in [6, 6.07) is 8.45. The molecule has 1 aliphatic rings. The van der Waals surface area contributed by atoms with Crippen LogP contribution in [0.25, 0.3) is 5.57 Å². The Balaban J connectivity index is 1.53. The van der Waals surface area contributed by atoms with Crippen LogP contribution < -0.4 is 4.72 Å². The molecule has 0 radical (unpaired) electrons. The third-order valence-corrected chi connectivity index (χ3v) is 8.35. The fraction of sp³-hybridized carbons (Fsp3) is 0.238. The number of hydrogen-bond acceptors (Lipinski definition) is 5. The molecular formula is C21H19Cl2N3O3S2. The summed E-state index contributed by atoms with van der Waals surface area (Å²) in [7, 11) is -3.83. The zero-order chi connectivity index (χ0) is 22.0. The number of sulfonamides is 1. The van der Waals surface area contributed by atoms with E-state index in [4.69, 9.17) is 23.2 Å². The molecule has 0 bridgehead atoms. The molecule has 0 saturated carbocycles. The summed E-state index contributed by atoms with van der Waals surface area (Å²) in [5.41, 5.74) is 3.94. The van der Waals surface area contributed by atoms with Crippen LogP contribution in [0.2, 0.25) is 10.0 Å². The van der Waals surface area contributed by atoms with Crippen molar-refractivity contribution in [3.05, 3.63) is 74.9 Å². The molecule has 162 valence electrons. The Morgan fingerprint density at radius 2 is 2.10 bits per heavy atom. The van der Waals surface area contributed by atoms with Gasteiger partial charge in [-0.2, -0.15) is 5.10 Å². The first kappa shape index (κ1) is 22.1. The van der Waals surface area contributed by atoms with Crippen LogP contribution in [0.4, 0.5) is 0 Å². The van der Waals surface area contributed by atoms with Crippen LogP contribution in [0.5, 0.6) is 0 Å². The average Bonchev–Trinajstić information content (AvgIpc) is 3.39. The lowest BCUT2D eigenvalue weighted by Crippen LogP contribution is -2.29. The smallest absolute Gasteiger partial charge is 0.273 e. The van der Waals surface area contributed by atoms with Crippen LogP contribution in [-0.2, 0) is 27.8 Å². The Hall–Kier alpha value is -2.13. The Morgan fingerprint density at radius 3 is 2.84 bits per heavy atom. The fourth-order valence-electron chi connectivity index (χ4n) is 3.57. The third-order valence-electron chi connectivity index (χ3n) is 4.99. The number of carbonyl (C=O) groups excluding carboxylic acids is 1. The number of thiophene rings is 1. The molecule has 3 aromatic rings. The van der Waals surface area contributed by atoms with Crippen molar-refractivity contribution in [3.63, 3.8) is 0 Å². The van der Waals surface area contributed by atoms with E-state index in [2.05, 4.69) is 9.82 Å². The SMILES string of the molecule is O=C(C/C=C1\CCCc2cnn(Cc3ccc(Cl)cc3Cl)c21)NS(=O)(=O)c1cccs1. The molecule has 0 fully saturated rings. The monoisotopic (exact) mass is 495 g/mol. The van der Waals surface area contributed by atoms with E-state index in [1.807, 2.05) is 16.9 Å². The summed E-state index contributed by atoms with van der Waals surface area (Å²) in [6.45, 7) is 0.474. The minimum atomic E-state index is -3.83. The van der Waals surface area contributed by atoms with Crippen LogP contribution in [0.3, 0.4) is 0 Å². The lowest BCUT2D eigenvalue weighted by molar-refractivity contribution is -0.118. The number of fused-ring (bicyclic) bond motifs is 1. The number of nitrogens with zero attached hydrogens (tertiary/aromatic N) is 2. The van der Waals surface area contributed by atoms with Crippen molar-refractivity contribution in [3.8, 4) is 0 Å². The van der Waals surface area contributed by atoms with Gasteiger partial charge in [-0.25, -0.2) is 13.1 Å². The molecule has 0 atom stereocenters. The van der Waals surface area contributed by atoms with E-state index in [9.17, 15) is 13.2 Å². The van der Waals surface area contributed by atoms with E-state index in [0.29, 0.717) is 16.6 Å². The lowest BCUT2D eigenvalue weighted by atomic mass is 9.92. The van der Waals surface area contributed by atoms with E-state index in [0.717, 1.165) is 53.0 Å². The molecule has 0 spiro atoms. The summed E-state index contributed by atoms with van der Waals surface area (Å²) >= 11 is 13.4. The van der Waals surface area contributed by atoms with Crippen molar-refractivity contribution in [1.82, 2.24) is 14.5 Å². The van der Waals surface area contributed by atoms with Crippen molar-refractivity contribution in [1.29, 1.82) is 0 Å². The fourth-order valence-corrected chi connectivity index (χ4v) is 6.03. The lowest BCUT2D eigenvalue weighted by Gasteiger charge is -2.18. The molecule has 31 heavy (non-hydrogen) atoms. The zero-order valence-corrected chi connectivity index (χ0v) is 19.5. The van der Waals surface area contributed by atoms with Crippen LogP contribution in [0.15, 0.2) is 52.2 Å². The second-order valence-corrected chi connectivity index (χ2v) is 10.9. The first-order valence-corrected chi connectivity index (χ1v) is 12.7. The predicted octanol–water partition coefficient (Wildman–Crippen LogP) is 4.91. The Morgan fingerprint density at radius 1 is 1.26 bits per heavy atom. The summed E-state index contributed by atoms with van der Waals surface area (Å²) in [6.07, 6.45) is 6.23. The summed E-state index contributed by atoms with van der Waals surface area (Å²) in [5, 5.41) is 7.30. The first-order valence-electron chi connectivity index (χ1n) is 9.60. The highest BCUT2D eigenvalue weighted by Gasteiger charge is 2.22. The van der Waals surface area contributed by atoms with Crippen LogP contribution in [-0.4, -0.2) is 24.1 Å². The highest BCUT2D eigenvalue weighted by Crippen LogP contribution is 2.32. The van der Waals surface area contributed by atoms with Gasteiger partial charge in [0.2, 0.25) is 5.91 Å². The summed E-state index contributed by atoms with van der Waals surface area (Å²) in [5.74, 6) is -0.570. The van der Waals surface area contributed by atoms with Gasteiger partial charge in [-0.15, -0.1) is 11.3 Å². The van der Waals surface area contributed by atoms with Gasteiger partial charge in [0.1, 0.15) is 4.21 Å². The number of aromatic nitrogens is 2. The number of halogens is 2. The highest BCUT2D eigenvalue weighted by atomic mass is 35.5. The second-order valence-electron chi connectivity index (χ2n) is 7.16. The van der Waals surface area contributed by atoms with Crippen LogP contribution >= 0.6 is 34.5 Å². The molecule has 1 amide bonds. The van der Waals surface area contributed by atoms with Crippen molar-refractivity contribution >= 4 is 56.0 Å². The maximum Gasteiger partial charge on any atom is 0.273 e. The molecule has 10 heteroatoms. The molecule has 1 aliphatic carbocycles. The number of allylic oxidation sites excluding steroid dienone is 1. The molecule has 2 heterocycles. The number of nitrogens with one attached hydrogen (secondary N) is 1. The average molecular weight is 496 g/mol.